The highest BCUT2D eigenvalue weighted by Gasteiger charge is 2.31. The molecule has 1 saturated heterocycles. The fourth-order valence-electron chi connectivity index (χ4n) is 4.40. The number of nitrogens with zero attached hydrogens (tertiary/aromatic N) is 4. The minimum Gasteiger partial charge on any atom is -0.368 e. The molecule has 6 heteroatoms. The van der Waals surface area contributed by atoms with Gasteiger partial charge in [-0.25, -0.2) is 4.68 Å². The monoisotopic (exact) mass is 380 g/mol. The van der Waals surface area contributed by atoms with E-state index >= 15 is 0 Å². The Bertz CT molecular complexity index is 957. The molecule has 4 rings (SSSR count). The van der Waals surface area contributed by atoms with Crippen molar-refractivity contribution in [2.75, 3.05) is 31.1 Å². The van der Waals surface area contributed by atoms with Crippen LogP contribution in [-0.2, 0) is 24.7 Å². The number of rotatable bonds is 2. The molecule has 0 bridgehead atoms. The molecule has 2 aromatic rings. The van der Waals surface area contributed by atoms with Crippen LogP contribution in [0.25, 0.3) is 0 Å². The second-order valence-electron chi connectivity index (χ2n) is 8.05. The Kier molecular flexibility index (Phi) is 4.96. The highest BCUT2D eigenvalue weighted by molar-refractivity contribution is 5.80. The van der Waals surface area contributed by atoms with Crippen LogP contribution in [0, 0.1) is 19.8 Å². The Balaban J connectivity index is 1.41. The van der Waals surface area contributed by atoms with E-state index in [1.165, 1.54) is 21.5 Å². The number of benzene rings is 1. The maximum atomic E-state index is 13.1. The predicted molar refractivity (Wildman–Crippen MR) is 110 cm³/mol. The van der Waals surface area contributed by atoms with Gasteiger partial charge in [0.2, 0.25) is 5.91 Å². The summed E-state index contributed by atoms with van der Waals surface area (Å²) in [5.41, 5.74) is 5.71. The predicted octanol–water partition coefficient (Wildman–Crippen LogP) is 1.85. The second kappa shape index (κ2) is 7.41. The molecule has 6 nitrogen and oxygen atoms in total. The highest BCUT2D eigenvalue weighted by Crippen LogP contribution is 2.27. The number of carbonyl (C=O) groups excluding carboxylic acids is 1. The van der Waals surface area contributed by atoms with E-state index in [1.807, 2.05) is 4.90 Å². The molecule has 1 aromatic carbocycles. The summed E-state index contributed by atoms with van der Waals surface area (Å²) in [6, 6.07) is 8.07. The summed E-state index contributed by atoms with van der Waals surface area (Å²) in [5.74, 6) is 0.195. The largest absolute Gasteiger partial charge is 0.368 e. The number of fused-ring (bicyclic) bond motifs is 1. The van der Waals surface area contributed by atoms with Crippen LogP contribution < -0.4 is 10.5 Å². The molecule has 1 aliphatic heterocycles. The van der Waals surface area contributed by atoms with Crippen LogP contribution in [0.5, 0.6) is 0 Å². The Morgan fingerprint density at radius 1 is 1.14 bits per heavy atom. The number of hydrogen-bond donors (Lipinski definition) is 0. The molecular formula is C22H28N4O2. The van der Waals surface area contributed by atoms with Gasteiger partial charge in [-0.05, 0) is 55.9 Å². The van der Waals surface area contributed by atoms with Crippen LogP contribution in [0.15, 0.2) is 29.1 Å². The molecule has 148 valence electrons. The summed E-state index contributed by atoms with van der Waals surface area (Å²) < 4.78 is 1.38. The molecule has 0 spiro atoms. The zero-order chi connectivity index (χ0) is 19.8. The van der Waals surface area contributed by atoms with Crippen molar-refractivity contribution in [2.45, 2.75) is 33.1 Å². The van der Waals surface area contributed by atoms with Crippen molar-refractivity contribution < 1.29 is 4.79 Å². The first kappa shape index (κ1) is 18.7. The Morgan fingerprint density at radius 3 is 2.64 bits per heavy atom. The van der Waals surface area contributed by atoms with Gasteiger partial charge < -0.3 is 9.80 Å². The lowest BCUT2D eigenvalue weighted by atomic mass is 9.86. The van der Waals surface area contributed by atoms with E-state index in [2.05, 4.69) is 42.0 Å². The first-order valence-electron chi connectivity index (χ1n) is 10.1. The smallest absolute Gasteiger partial charge is 0.266 e. The molecule has 1 aliphatic carbocycles. The lowest BCUT2D eigenvalue weighted by Gasteiger charge is -2.39. The first-order chi connectivity index (χ1) is 13.4. The lowest BCUT2D eigenvalue weighted by Crippen LogP contribution is -2.51. The molecule has 1 fully saturated rings. The highest BCUT2D eigenvalue weighted by atomic mass is 16.2. The third-order valence-electron chi connectivity index (χ3n) is 6.31. The molecule has 2 aliphatic rings. The number of amides is 1. The van der Waals surface area contributed by atoms with Gasteiger partial charge in [-0.15, -0.1) is 0 Å². The normalized spacial score (nSPS) is 19.5. The molecular weight excluding hydrogens is 352 g/mol. The summed E-state index contributed by atoms with van der Waals surface area (Å²) in [5, 5.41) is 4.35. The zero-order valence-electron chi connectivity index (χ0n) is 16.9. The number of aryl methyl sites for hydroxylation is 3. The molecule has 2 heterocycles. The van der Waals surface area contributed by atoms with Crippen LogP contribution in [0.4, 0.5) is 5.69 Å². The lowest BCUT2D eigenvalue weighted by molar-refractivity contribution is -0.136. The second-order valence-corrected chi connectivity index (χ2v) is 8.05. The van der Waals surface area contributed by atoms with Gasteiger partial charge in [0, 0.05) is 50.9 Å². The third kappa shape index (κ3) is 3.43. The topological polar surface area (TPSA) is 58.4 Å². The van der Waals surface area contributed by atoms with Crippen LogP contribution >= 0.6 is 0 Å². The summed E-state index contributed by atoms with van der Waals surface area (Å²) >= 11 is 0. The number of anilines is 1. The van der Waals surface area contributed by atoms with E-state index in [9.17, 15) is 9.59 Å². The van der Waals surface area contributed by atoms with Crippen molar-refractivity contribution in [1.29, 1.82) is 0 Å². The van der Waals surface area contributed by atoms with Crippen LogP contribution in [-0.4, -0.2) is 46.8 Å². The van der Waals surface area contributed by atoms with Crippen molar-refractivity contribution in [2.24, 2.45) is 13.0 Å². The van der Waals surface area contributed by atoms with Crippen LogP contribution in [0.1, 0.15) is 28.8 Å². The summed E-state index contributed by atoms with van der Waals surface area (Å²) in [6.07, 6.45) is 2.21. The standard InChI is InChI=1S/C22H28N4O2/c1-15-5-4-6-20(16(15)2)25-9-11-26(12-10-25)22(28)17-7-8-19-18(13-17)14-21(27)24(3)23-19/h4-6,14,17H,7-13H2,1-3H3/t17-/m1/s1. The molecule has 28 heavy (non-hydrogen) atoms. The molecule has 0 saturated carbocycles. The van der Waals surface area contributed by atoms with Gasteiger partial charge in [-0.3, -0.25) is 9.59 Å². The van der Waals surface area contributed by atoms with Gasteiger partial charge in [0.05, 0.1) is 5.69 Å². The quantitative estimate of drug-likeness (QED) is 0.798. The molecule has 0 radical (unpaired) electrons. The fourth-order valence-corrected chi connectivity index (χ4v) is 4.40. The van der Waals surface area contributed by atoms with Gasteiger partial charge >= 0.3 is 0 Å². The SMILES string of the molecule is Cc1cccc(N2CCN(C(=O)[C@@H]3CCc4nn(C)c(=O)cc4C3)CC2)c1C. The molecule has 1 aromatic heterocycles. The van der Waals surface area contributed by atoms with Crippen LogP contribution in [0.2, 0.25) is 0 Å². The van der Waals surface area contributed by atoms with Gasteiger partial charge in [0.25, 0.3) is 5.56 Å². The van der Waals surface area contributed by atoms with Crippen molar-refractivity contribution in [3.63, 3.8) is 0 Å². The minimum atomic E-state index is -0.103. The van der Waals surface area contributed by atoms with Crippen molar-refractivity contribution in [3.8, 4) is 0 Å². The molecule has 0 unspecified atom stereocenters. The zero-order valence-corrected chi connectivity index (χ0v) is 16.9. The van der Waals surface area contributed by atoms with E-state index in [1.54, 1.807) is 13.1 Å². The van der Waals surface area contributed by atoms with E-state index in [-0.39, 0.29) is 17.4 Å². The minimum absolute atomic E-state index is 0.0336. The summed E-state index contributed by atoms with van der Waals surface area (Å²) in [6.45, 7) is 7.54. The molecule has 0 N–H and O–H groups in total. The van der Waals surface area contributed by atoms with Gasteiger partial charge in [0.1, 0.15) is 0 Å². The number of piperazine rings is 1. The molecule has 1 atom stereocenters. The Hall–Kier alpha value is -2.63. The summed E-state index contributed by atoms with van der Waals surface area (Å²) in [7, 11) is 1.68. The van der Waals surface area contributed by atoms with Crippen molar-refractivity contribution in [3.05, 3.63) is 57.0 Å². The van der Waals surface area contributed by atoms with E-state index in [0.717, 1.165) is 50.3 Å². The number of aromatic nitrogens is 2. The summed E-state index contributed by atoms with van der Waals surface area (Å²) in [4.78, 5) is 29.4. The first-order valence-corrected chi connectivity index (χ1v) is 10.1. The maximum absolute atomic E-state index is 13.1. The van der Waals surface area contributed by atoms with E-state index < -0.39 is 0 Å². The fraction of sp³-hybridized carbons (Fsp3) is 0.500. The Labute approximate surface area is 165 Å². The van der Waals surface area contributed by atoms with E-state index in [4.69, 9.17) is 0 Å². The molecule has 1 amide bonds. The van der Waals surface area contributed by atoms with Gasteiger partial charge in [-0.1, -0.05) is 12.1 Å². The van der Waals surface area contributed by atoms with E-state index in [0.29, 0.717) is 6.42 Å². The maximum Gasteiger partial charge on any atom is 0.266 e. The Morgan fingerprint density at radius 2 is 1.89 bits per heavy atom. The van der Waals surface area contributed by atoms with Crippen molar-refractivity contribution >= 4 is 11.6 Å². The van der Waals surface area contributed by atoms with Gasteiger partial charge in [-0.2, -0.15) is 5.10 Å². The number of hydrogen-bond acceptors (Lipinski definition) is 4. The van der Waals surface area contributed by atoms with Gasteiger partial charge in [0.15, 0.2) is 0 Å². The number of carbonyl (C=O) groups is 1. The van der Waals surface area contributed by atoms with Crippen molar-refractivity contribution in [1.82, 2.24) is 14.7 Å². The average Bonchev–Trinajstić information content (AvgIpc) is 2.70. The van der Waals surface area contributed by atoms with Crippen LogP contribution in [0.3, 0.4) is 0 Å². The third-order valence-corrected chi connectivity index (χ3v) is 6.31. The average molecular weight is 380 g/mol.